The molecule has 138 valence electrons. The maximum atomic E-state index is 8.88. The van der Waals surface area contributed by atoms with Crippen molar-refractivity contribution in [3.8, 4) is 11.5 Å². The molecule has 2 N–H and O–H groups in total. The molecule has 0 aromatic heterocycles. The van der Waals surface area contributed by atoms with Crippen molar-refractivity contribution < 1.29 is 19.4 Å². The van der Waals surface area contributed by atoms with Gasteiger partial charge in [0.15, 0.2) is 0 Å². The third kappa shape index (κ3) is 4.91. The molecule has 0 aliphatic rings. The zero-order chi connectivity index (χ0) is 19.3. The number of rotatable bonds is 7. The van der Waals surface area contributed by atoms with Crippen molar-refractivity contribution in [1.29, 1.82) is 0 Å². The van der Waals surface area contributed by atoms with Crippen molar-refractivity contribution in [1.82, 2.24) is 0 Å². The standard InChI is InChI=1S/C22H23BO4/c1-22(2,19-10-14-21(15-11-19)27-23(24)25)18-8-12-20(13-9-18)26-16-17-6-4-3-5-7-17/h3-15,24-25H,16H2,1-2H3. The third-order valence-corrected chi connectivity index (χ3v) is 4.64. The molecule has 0 saturated heterocycles. The summed E-state index contributed by atoms with van der Waals surface area (Å²) in [6, 6.07) is 25.5. The molecule has 0 aliphatic heterocycles. The molecular formula is C22H23BO4. The zero-order valence-corrected chi connectivity index (χ0v) is 15.5. The minimum Gasteiger partial charge on any atom is -0.512 e. The van der Waals surface area contributed by atoms with Crippen LogP contribution in [-0.2, 0) is 12.0 Å². The predicted octanol–water partition coefficient (Wildman–Crippen LogP) is 3.94. The van der Waals surface area contributed by atoms with Gasteiger partial charge in [0.25, 0.3) is 0 Å². The summed E-state index contributed by atoms with van der Waals surface area (Å²) in [4.78, 5) is 0. The van der Waals surface area contributed by atoms with Crippen molar-refractivity contribution in [2.24, 2.45) is 0 Å². The van der Waals surface area contributed by atoms with Gasteiger partial charge >= 0.3 is 7.32 Å². The third-order valence-electron chi connectivity index (χ3n) is 4.64. The summed E-state index contributed by atoms with van der Waals surface area (Å²) in [5.74, 6) is 1.24. The van der Waals surface area contributed by atoms with E-state index in [9.17, 15) is 0 Å². The lowest BCUT2D eigenvalue weighted by molar-refractivity contribution is 0.288. The smallest absolute Gasteiger partial charge is 0.512 e. The van der Waals surface area contributed by atoms with E-state index in [0.717, 1.165) is 22.4 Å². The average Bonchev–Trinajstić information content (AvgIpc) is 2.67. The van der Waals surface area contributed by atoms with Crippen molar-refractivity contribution in [2.75, 3.05) is 0 Å². The monoisotopic (exact) mass is 362 g/mol. The molecular weight excluding hydrogens is 339 g/mol. The number of benzene rings is 3. The Hall–Kier alpha value is -2.76. The maximum absolute atomic E-state index is 8.88. The molecule has 0 atom stereocenters. The van der Waals surface area contributed by atoms with E-state index in [-0.39, 0.29) is 5.41 Å². The lowest BCUT2D eigenvalue weighted by atomic mass is 9.78. The van der Waals surface area contributed by atoms with Crippen molar-refractivity contribution >= 4 is 7.32 Å². The Kier molecular flexibility index (Phi) is 5.84. The minimum absolute atomic E-state index is 0.214. The summed E-state index contributed by atoms with van der Waals surface area (Å²) in [6.45, 7) is 4.83. The minimum atomic E-state index is -1.81. The molecule has 0 unspecified atom stereocenters. The van der Waals surface area contributed by atoms with Crippen molar-refractivity contribution in [3.63, 3.8) is 0 Å². The Morgan fingerprint density at radius 2 is 1.26 bits per heavy atom. The first-order chi connectivity index (χ1) is 12.9. The van der Waals surface area contributed by atoms with Gasteiger partial charge in [-0.15, -0.1) is 0 Å². The van der Waals surface area contributed by atoms with Gasteiger partial charge in [0.05, 0.1) is 0 Å². The predicted molar refractivity (Wildman–Crippen MR) is 107 cm³/mol. The molecule has 4 nitrogen and oxygen atoms in total. The SMILES string of the molecule is CC(C)(c1ccc(OCc2ccccc2)cc1)c1ccc(OB(O)O)cc1. The van der Waals surface area contributed by atoms with Gasteiger partial charge < -0.3 is 19.4 Å². The van der Waals surface area contributed by atoms with Crippen LogP contribution in [0.3, 0.4) is 0 Å². The average molecular weight is 362 g/mol. The van der Waals surface area contributed by atoms with E-state index in [0.29, 0.717) is 12.4 Å². The van der Waals surface area contributed by atoms with Gasteiger partial charge in [-0.1, -0.05) is 68.4 Å². The number of ether oxygens (including phenoxy) is 1. The molecule has 0 saturated carbocycles. The molecule has 3 aromatic rings. The second-order valence-corrected chi connectivity index (χ2v) is 6.89. The van der Waals surface area contributed by atoms with Gasteiger partial charge in [-0.05, 0) is 41.0 Å². The Morgan fingerprint density at radius 1 is 0.741 bits per heavy atom. The largest absolute Gasteiger partial charge is 0.707 e. The first kappa shape index (κ1) is 19.0. The van der Waals surface area contributed by atoms with Crippen LogP contribution in [0.2, 0.25) is 0 Å². The van der Waals surface area contributed by atoms with E-state index in [2.05, 4.69) is 26.0 Å². The lowest BCUT2D eigenvalue weighted by Crippen LogP contribution is -2.21. The van der Waals surface area contributed by atoms with Crippen LogP contribution in [0.5, 0.6) is 11.5 Å². The first-order valence-electron chi connectivity index (χ1n) is 8.86. The molecule has 0 amide bonds. The Bertz CT molecular complexity index is 844. The van der Waals surface area contributed by atoms with Crippen LogP contribution < -0.4 is 9.39 Å². The summed E-state index contributed by atoms with van der Waals surface area (Å²) in [7, 11) is -1.81. The highest BCUT2D eigenvalue weighted by Crippen LogP contribution is 2.33. The normalized spacial score (nSPS) is 11.1. The highest BCUT2D eigenvalue weighted by atomic mass is 16.6. The molecule has 0 fully saturated rings. The van der Waals surface area contributed by atoms with E-state index in [1.165, 1.54) is 0 Å². The number of hydrogen-bond donors (Lipinski definition) is 2. The van der Waals surface area contributed by atoms with Crippen LogP contribution in [0.25, 0.3) is 0 Å². The van der Waals surface area contributed by atoms with E-state index in [4.69, 9.17) is 19.4 Å². The van der Waals surface area contributed by atoms with Gasteiger partial charge in [-0.25, -0.2) is 0 Å². The van der Waals surface area contributed by atoms with Crippen LogP contribution in [0.15, 0.2) is 78.9 Å². The fourth-order valence-corrected chi connectivity index (χ4v) is 2.95. The highest BCUT2D eigenvalue weighted by Gasteiger charge is 2.23. The second-order valence-electron chi connectivity index (χ2n) is 6.89. The number of hydrogen-bond acceptors (Lipinski definition) is 4. The second kappa shape index (κ2) is 8.29. The Labute approximate surface area is 160 Å². The van der Waals surface area contributed by atoms with Gasteiger partial charge in [0.1, 0.15) is 18.1 Å². The van der Waals surface area contributed by atoms with Crippen LogP contribution in [-0.4, -0.2) is 17.4 Å². The fourth-order valence-electron chi connectivity index (χ4n) is 2.95. The quantitative estimate of drug-likeness (QED) is 0.625. The van der Waals surface area contributed by atoms with Crippen LogP contribution in [0, 0.1) is 0 Å². The van der Waals surface area contributed by atoms with Gasteiger partial charge in [0, 0.05) is 5.41 Å². The fraction of sp³-hybridized carbons (Fsp3) is 0.182. The van der Waals surface area contributed by atoms with E-state index >= 15 is 0 Å². The topological polar surface area (TPSA) is 58.9 Å². The molecule has 0 bridgehead atoms. The molecule has 0 spiro atoms. The van der Waals surface area contributed by atoms with Crippen molar-refractivity contribution in [3.05, 3.63) is 95.6 Å². The van der Waals surface area contributed by atoms with Crippen LogP contribution >= 0.6 is 0 Å². The molecule has 0 radical (unpaired) electrons. The van der Waals surface area contributed by atoms with Crippen LogP contribution in [0.1, 0.15) is 30.5 Å². The van der Waals surface area contributed by atoms with E-state index in [1.807, 2.05) is 54.6 Å². The lowest BCUT2D eigenvalue weighted by Gasteiger charge is -2.26. The summed E-state index contributed by atoms with van der Waals surface area (Å²) in [5, 5.41) is 17.8. The Morgan fingerprint density at radius 3 is 1.78 bits per heavy atom. The molecule has 3 rings (SSSR count). The first-order valence-corrected chi connectivity index (χ1v) is 8.86. The highest BCUT2D eigenvalue weighted by molar-refractivity contribution is 6.33. The zero-order valence-electron chi connectivity index (χ0n) is 15.5. The molecule has 5 heteroatoms. The molecule has 3 aromatic carbocycles. The van der Waals surface area contributed by atoms with E-state index < -0.39 is 7.32 Å². The van der Waals surface area contributed by atoms with Crippen molar-refractivity contribution in [2.45, 2.75) is 25.9 Å². The van der Waals surface area contributed by atoms with Gasteiger partial charge in [0.2, 0.25) is 0 Å². The summed E-state index contributed by atoms with van der Waals surface area (Å²) in [5.41, 5.74) is 3.18. The summed E-state index contributed by atoms with van der Waals surface area (Å²) < 4.78 is 10.7. The summed E-state index contributed by atoms with van der Waals surface area (Å²) >= 11 is 0. The molecule has 0 aliphatic carbocycles. The maximum Gasteiger partial charge on any atom is 0.707 e. The van der Waals surface area contributed by atoms with Gasteiger partial charge in [-0.2, -0.15) is 0 Å². The van der Waals surface area contributed by atoms with Gasteiger partial charge in [-0.3, -0.25) is 0 Å². The Balaban J connectivity index is 1.69. The van der Waals surface area contributed by atoms with E-state index in [1.54, 1.807) is 12.1 Å². The van der Waals surface area contributed by atoms with Crippen LogP contribution in [0.4, 0.5) is 0 Å². The summed E-state index contributed by atoms with van der Waals surface area (Å²) in [6.07, 6.45) is 0. The molecule has 27 heavy (non-hydrogen) atoms. The molecule has 0 heterocycles.